The Morgan fingerprint density at radius 3 is 2.86 bits per heavy atom. The van der Waals surface area contributed by atoms with Gasteiger partial charge in [-0.2, -0.15) is 0 Å². The van der Waals surface area contributed by atoms with Crippen molar-refractivity contribution in [1.82, 2.24) is 0 Å². The quantitative estimate of drug-likeness (QED) is 0.611. The van der Waals surface area contributed by atoms with Crippen molar-refractivity contribution in [2.75, 3.05) is 12.3 Å². The summed E-state index contributed by atoms with van der Waals surface area (Å²) in [5, 5.41) is -0.115. The van der Waals surface area contributed by atoms with Crippen LogP contribution in [0.15, 0.2) is 12.1 Å². The number of hydrogen-bond acceptors (Lipinski definition) is 3. The Labute approximate surface area is 85.6 Å². The number of hydrogen-bond donors (Lipinski definition) is 1. The van der Waals surface area contributed by atoms with E-state index in [1.165, 1.54) is 6.07 Å². The van der Waals surface area contributed by atoms with Crippen LogP contribution in [0.4, 0.5) is 10.1 Å². The van der Waals surface area contributed by atoms with E-state index in [2.05, 4.69) is 4.74 Å². The second-order valence-electron chi connectivity index (χ2n) is 2.57. The molecule has 0 fully saturated rings. The first kappa shape index (κ1) is 10.8. The summed E-state index contributed by atoms with van der Waals surface area (Å²) < 4.78 is 17.6. The molecule has 0 heterocycles. The number of anilines is 1. The third kappa shape index (κ3) is 2.14. The van der Waals surface area contributed by atoms with Crippen LogP contribution < -0.4 is 5.73 Å². The van der Waals surface area contributed by atoms with Crippen LogP contribution in [-0.2, 0) is 4.74 Å². The lowest BCUT2D eigenvalue weighted by atomic mass is 10.2. The van der Waals surface area contributed by atoms with Crippen LogP contribution in [0.25, 0.3) is 0 Å². The van der Waals surface area contributed by atoms with Crippen molar-refractivity contribution in [2.24, 2.45) is 0 Å². The second kappa shape index (κ2) is 4.28. The maximum absolute atomic E-state index is 13.0. The van der Waals surface area contributed by atoms with Crippen LogP contribution >= 0.6 is 11.6 Å². The zero-order valence-electron chi connectivity index (χ0n) is 7.51. The smallest absolute Gasteiger partial charge is 0.340 e. The minimum atomic E-state index is -0.691. The number of carbonyl (C=O) groups is 1. The van der Waals surface area contributed by atoms with E-state index in [4.69, 9.17) is 17.3 Å². The molecule has 0 aliphatic rings. The first-order valence-corrected chi connectivity index (χ1v) is 4.35. The van der Waals surface area contributed by atoms with Crippen molar-refractivity contribution in [3.05, 3.63) is 28.5 Å². The number of nitrogens with two attached hydrogens (primary N) is 1. The van der Waals surface area contributed by atoms with Gasteiger partial charge in [0.2, 0.25) is 0 Å². The molecule has 0 unspecified atom stereocenters. The lowest BCUT2D eigenvalue weighted by Gasteiger charge is -2.05. The summed E-state index contributed by atoms with van der Waals surface area (Å²) in [4.78, 5) is 11.2. The minimum Gasteiger partial charge on any atom is -0.462 e. The van der Waals surface area contributed by atoms with Gasteiger partial charge in [0.1, 0.15) is 5.82 Å². The molecule has 0 radical (unpaired) electrons. The Morgan fingerprint density at radius 1 is 1.64 bits per heavy atom. The Hall–Kier alpha value is -1.29. The van der Waals surface area contributed by atoms with Gasteiger partial charge < -0.3 is 10.5 Å². The first-order valence-electron chi connectivity index (χ1n) is 3.98. The molecule has 0 saturated carbocycles. The molecular weight excluding hydrogens is 209 g/mol. The molecule has 0 spiro atoms. The maximum atomic E-state index is 13.0. The monoisotopic (exact) mass is 217 g/mol. The molecule has 0 atom stereocenters. The highest BCUT2D eigenvalue weighted by atomic mass is 35.5. The summed E-state index contributed by atoms with van der Waals surface area (Å²) in [6, 6.07) is 2.15. The van der Waals surface area contributed by atoms with Crippen molar-refractivity contribution in [1.29, 1.82) is 0 Å². The van der Waals surface area contributed by atoms with Crippen LogP contribution in [0.5, 0.6) is 0 Å². The summed E-state index contributed by atoms with van der Waals surface area (Å²) in [6.07, 6.45) is 0. The van der Waals surface area contributed by atoms with Crippen molar-refractivity contribution in [3.63, 3.8) is 0 Å². The minimum absolute atomic E-state index is 0.00579. The average molecular weight is 218 g/mol. The normalized spacial score (nSPS) is 9.93. The Kier molecular flexibility index (Phi) is 3.30. The third-order valence-electron chi connectivity index (χ3n) is 1.59. The molecular formula is C9H9ClFNO2. The van der Waals surface area contributed by atoms with Gasteiger partial charge in [-0.05, 0) is 19.1 Å². The highest BCUT2D eigenvalue weighted by Crippen LogP contribution is 2.22. The van der Waals surface area contributed by atoms with Gasteiger partial charge >= 0.3 is 5.97 Å². The first-order chi connectivity index (χ1) is 6.56. The van der Waals surface area contributed by atoms with E-state index in [9.17, 15) is 9.18 Å². The van der Waals surface area contributed by atoms with Crippen LogP contribution in [0.2, 0.25) is 5.02 Å². The van der Waals surface area contributed by atoms with Crippen molar-refractivity contribution in [2.45, 2.75) is 6.92 Å². The molecule has 1 aromatic carbocycles. The lowest BCUT2D eigenvalue weighted by molar-refractivity contribution is 0.0527. The van der Waals surface area contributed by atoms with Gasteiger partial charge in [0.15, 0.2) is 0 Å². The van der Waals surface area contributed by atoms with Gasteiger partial charge in [0.05, 0.1) is 17.2 Å². The van der Waals surface area contributed by atoms with E-state index in [-0.39, 0.29) is 22.9 Å². The molecule has 1 aromatic rings. The van der Waals surface area contributed by atoms with Gasteiger partial charge in [-0.1, -0.05) is 11.6 Å². The predicted molar refractivity (Wildman–Crippen MR) is 51.8 cm³/mol. The van der Waals surface area contributed by atoms with Crippen LogP contribution in [0, 0.1) is 5.82 Å². The molecule has 0 aromatic heterocycles. The van der Waals surface area contributed by atoms with Crippen molar-refractivity contribution < 1.29 is 13.9 Å². The zero-order valence-corrected chi connectivity index (χ0v) is 8.27. The SMILES string of the molecule is CCOC(=O)c1cc(F)c(Cl)cc1N. The van der Waals surface area contributed by atoms with E-state index in [1.807, 2.05) is 0 Å². The van der Waals surface area contributed by atoms with Crippen molar-refractivity contribution in [3.8, 4) is 0 Å². The maximum Gasteiger partial charge on any atom is 0.340 e. The topological polar surface area (TPSA) is 52.3 Å². The standard InChI is InChI=1S/C9H9ClFNO2/c1-2-14-9(13)5-3-7(11)6(10)4-8(5)12/h3-4H,2,12H2,1H3. The predicted octanol–water partition coefficient (Wildman–Crippen LogP) is 2.24. The molecule has 0 aliphatic carbocycles. The Bertz CT molecular complexity index is 368. The largest absolute Gasteiger partial charge is 0.462 e. The summed E-state index contributed by atoms with van der Waals surface area (Å²) in [5.41, 5.74) is 5.57. The van der Waals surface area contributed by atoms with E-state index in [1.54, 1.807) is 6.92 Å². The molecule has 3 nitrogen and oxygen atoms in total. The third-order valence-corrected chi connectivity index (χ3v) is 1.88. The molecule has 14 heavy (non-hydrogen) atoms. The molecule has 1 rings (SSSR count). The molecule has 0 aliphatic heterocycles. The van der Waals surface area contributed by atoms with Gasteiger partial charge in [0, 0.05) is 5.69 Å². The molecule has 0 bridgehead atoms. The van der Waals surface area contributed by atoms with Gasteiger partial charge in [-0.15, -0.1) is 0 Å². The fourth-order valence-corrected chi connectivity index (χ4v) is 1.12. The number of nitrogen functional groups attached to an aromatic ring is 1. The van der Waals surface area contributed by atoms with Gasteiger partial charge in [-0.25, -0.2) is 9.18 Å². The number of ether oxygens (including phenoxy) is 1. The molecule has 0 amide bonds. The summed E-state index contributed by atoms with van der Waals surface area (Å²) in [7, 11) is 0. The van der Waals surface area contributed by atoms with E-state index >= 15 is 0 Å². The van der Waals surface area contributed by atoms with Crippen LogP contribution in [0.3, 0.4) is 0 Å². The van der Waals surface area contributed by atoms with E-state index < -0.39 is 11.8 Å². The second-order valence-corrected chi connectivity index (χ2v) is 2.98. The van der Waals surface area contributed by atoms with Crippen molar-refractivity contribution >= 4 is 23.3 Å². The van der Waals surface area contributed by atoms with E-state index in [0.717, 1.165) is 6.07 Å². The van der Waals surface area contributed by atoms with Gasteiger partial charge in [0.25, 0.3) is 0 Å². The van der Waals surface area contributed by atoms with Gasteiger partial charge in [-0.3, -0.25) is 0 Å². The van der Waals surface area contributed by atoms with Crippen LogP contribution in [0.1, 0.15) is 17.3 Å². The fraction of sp³-hybridized carbons (Fsp3) is 0.222. The van der Waals surface area contributed by atoms with Crippen LogP contribution in [-0.4, -0.2) is 12.6 Å². The molecule has 76 valence electrons. The summed E-state index contributed by atoms with van der Waals surface area (Å²) in [6.45, 7) is 1.86. The molecule has 5 heteroatoms. The molecule has 0 saturated heterocycles. The highest BCUT2D eigenvalue weighted by Gasteiger charge is 2.13. The Balaban J connectivity index is 3.09. The Morgan fingerprint density at radius 2 is 2.29 bits per heavy atom. The summed E-state index contributed by atoms with van der Waals surface area (Å²) in [5.74, 6) is -1.34. The molecule has 2 N–H and O–H groups in total. The number of carbonyl (C=O) groups excluding carboxylic acids is 1. The fourth-order valence-electron chi connectivity index (χ4n) is 0.948. The number of rotatable bonds is 2. The van der Waals surface area contributed by atoms with E-state index in [0.29, 0.717) is 0 Å². The summed E-state index contributed by atoms with van der Waals surface area (Å²) >= 11 is 5.46. The zero-order chi connectivity index (χ0) is 10.7. The average Bonchev–Trinajstić information content (AvgIpc) is 2.11. The number of esters is 1. The number of halogens is 2. The lowest BCUT2D eigenvalue weighted by Crippen LogP contribution is -2.08. The number of benzene rings is 1. The highest BCUT2D eigenvalue weighted by molar-refractivity contribution is 6.31.